The van der Waals surface area contributed by atoms with Crippen LogP contribution in [0.1, 0.15) is 18.5 Å². The summed E-state index contributed by atoms with van der Waals surface area (Å²) >= 11 is 0. The molecule has 0 bridgehead atoms. The first kappa shape index (κ1) is 23.1. The summed E-state index contributed by atoms with van der Waals surface area (Å²) in [6.07, 6.45) is 0. The van der Waals surface area contributed by atoms with E-state index in [4.69, 9.17) is 14.6 Å². The fourth-order valence-corrected chi connectivity index (χ4v) is 4.20. The number of hydrogen-bond acceptors (Lipinski definition) is 6. The Labute approximate surface area is 207 Å². The number of para-hydroxylation sites is 2. The van der Waals surface area contributed by atoms with Gasteiger partial charge in [-0.25, -0.2) is 9.07 Å². The highest BCUT2D eigenvalue weighted by Gasteiger charge is 2.34. The highest BCUT2D eigenvalue weighted by atomic mass is 19.1. The van der Waals surface area contributed by atoms with Crippen molar-refractivity contribution in [2.24, 2.45) is 0 Å². The molecule has 0 spiro atoms. The predicted octanol–water partition coefficient (Wildman–Crippen LogP) is 5.03. The summed E-state index contributed by atoms with van der Waals surface area (Å²) in [4.78, 5) is 18.3. The van der Waals surface area contributed by atoms with E-state index in [9.17, 15) is 9.18 Å². The molecule has 2 N–H and O–H groups in total. The van der Waals surface area contributed by atoms with Gasteiger partial charge in [0.15, 0.2) is 5.82 Å². The average molecular weight is 486 g/mol. The van der Waals surface area contributed by atoms with Crippen molar-refractivity contribution in [2.75, 3.05) is 24.9 Å². The Kier molecular flexibility index (Phi) is 6.12. The smallest absolute Gasteiger partial charge is 0.255 e. The quantitative estimate of drug-likeness (QED) is 0.398. The maximum Gasteiger partial charge on any atom is 0.255 e. The first-order chi connectivity index (χ1) is 17.5. The van der Waals surface area contributed by atoms with Gasteiger partial charge in [0.05, 0.1) is 25.5 Å². The lowest BCUT2D eigenvalue weighted by Crippen LogP contribution is -2.31. The zero-order chi connectivity index (χ0) is 25.2. The number of rotatable bonds is 6. The minimum absolute atomic E-state index is 0.310. The van der Waals surface area contributed by atoms with Crippen LogP contribution in [0.5, 0.6) is 11.5 Å². The van der Waals surface area contributed by atoms with Gasteiger partial charge in [0.25, 0.3) is 5.91 Å². The molecule has 1 aliphatic rings. The number of aromatic nitrogens is 3. The van der Waals surface area contributed by atoms with E-state index in [1.54, 1.807) is 43.2 Å². The number of carbonyl (C=O) groups excluding carboxylic acids is 1. The molecule has 182 valence electrons. The van der Waals surface area contributed by atoms with Gasteiger partial charge in [-0.15, -0.1) is 5.10 Å². The molecular formula is C27H24FN5O3. The fourth-order valence-electron chi connectivity index (χ4n) is 4.20. The molecule has 0 aliphatic carbocycles. The standard InChI is InChI=1S/C27H24FN5O3/c1-16-23(26(34)30-21-6-4-5-7-22(21)36-3)24(17-10-14-20(35-2)15-11-17)33-27(29-16)31-25(32-33)18-8-12-19(28)13-9-18/h4-15,24H,1-3H3,(H,30,34)(H,29,31,32). The molecule has 2 heterocycles. The molecule has 3 aromatic carbocycles. The molecule has 5 rings (SSSR count). The number of allylic oxidation sites excluding steroid dienone is 1. The minimum Gasteiger partial charge on any atom is -0.497 e. The lowest BCUT2D eigenvalue weighted by molar-refractivity contribution is -0.113. The van der Waals surface area contributed by atoms with Crippen LogP contribution < -0.4 is 20.1 Å². The van der Waals surface area contributed by atoms with Crippen molar-refractivity contribution < 1.29 is 18.7 Å². The van der Waals surface area contributed by atoms with Crippen LogP contribution in [-0.2, 0) is 4.79 Å². The zero-order valence-electron chi connectivity index (χ0n) is 19.9. The highest BCUT2D eigenvalue weighted by molar-refractivity contribution is 6.06. The Hall–Kier alpha value is -4.66. The number of fused-ring (bicyclic) bond motifs is 1. The van der Waals surface area contributed by atoms with Crippen LogP contribution >= 0.6 is 0 Å². The van der Waals surface area contributed by atoms with Gasteiger partial charge < -0.3 is 20.1 Å². The average Bonchev–Trinajstić information content (AvgIpc) is 3.32. The maximum absolute atomic E-state index is 13.7. The van der Waals surface area contributed by atoms with Gasteiger partial charge in [0.1, 0.15) is 23.4 Å². The molecule has 1 unspecified atom stereocenters. The molecule has 0 saturated carbocycles. The number of nitrogens with one attached hydrogen (secondary N) is 2. The van der Waals surface area contributed by atoms with E-state index in [1.165, 1.54) is 12.1 Å². The van der Waals surface area contributed by atoms with E-state index in [0.29, 0.717) is 45.8 Å². The van der Waals surface area contributed by atoms with Crippen molar-refractivity contribution in [3.8, 4) is 22.9 Å². The summed E-state index contributed by atoms with van der Waals surface area (Å²) in [7, 11) is 3.15. The van der Waals surface area contributed by atoms with Gasteiger partial charge in [-0.05, 0) is 61.0 Å². The van der Waals surface area contributed by atoms with E-state index < -0.39 is 6.04 Å². The SMILES string of the molecule is COc1ccc(C2C(C(=O)Nc3ccccc3OC)=C(C)Nc3nc(-c4ccc(F)cc4)nn32)cc1. The van der Waals surface area contributed by atoms with Gasteiger partial charge in [-0.1, -0.05) is 24.3 Å². The van der Waals surface area contributed by atoms with Crippen LogP contribution in [0.4, 0.5) is 16.0 Å². The summed E-state index contributed by atoms with van der Waals surface area (Å²) in [5, 5.41) is 10.9. The number of hydrogen-bond donors (Lipinski definition) is 2. The Balaban J connectivity index is 1.59. The van der Waals surface area contributed by atoms with Gasteiger partial charge in [0, 0.05) is 11.3 Å². The monoisotopic (exact) mass is 485 g/mol. The Morgan fingerprint density at radius 2 is 1.72 bits per heavy atom. The molecule has 1 aliphatic heterocycles. The summed E-state index contributed by atoms with van der Waals surface area (Å²) in [6, 6.07) is 20.0. The van der Waals surface area contributed by atoms with Crippen LogP contribution in [0, 0.1) is 5.82 Å². The number of methoxy groups -OCH3 is 2. The molecular weight excluding hydrogens is 461 g/mol. The number of halogens is 1. The maximum atomic E-state index is 13.7. The van der Waals surface area contributed by atoms with Gasteiger partial charge in [0.2, 0.25) is 5.95 Å². The molecule has 4 aromatic rings. The highest BCUT2D eigenvalue weighted by Crippen LogP contribution is 2.38. The van der Waals surface area contributed by atoms with Crippen molar-refractivity contribution in [3.05, 3.63) is 95.4 Å². The summed E-state index contributed by atoms with van der Waals surface area (Å²) in [5.74, 6) is 1.48. The van der Waals surface area contributed by atoms with E-state index in [2.05, 4.69) is 15.6 Å². The van der Waals surface area contributed by atoms with E-state index in [-0.39, 0.29) is 11.7 Å². The van der Waals surface area contributed by atoms with E-state index in [0.717, 1.165) is 5.56 Å². The summed E-state index contributed by atoms with van der Waals surface area (Å²) in [5.41, 5.74) is 3.13. The Bertz CT molecular complexity index is 1450. The number of carbonyl (C=O) groups is 1. The van der Waals surface area contributed by atoms with Gasteiger partial charge in [-0.2, -0.15) is 4.98 Å². The number of ether oxygens (including phenoxy) is 2. The first-order valence-corrected chi connectivity index (χ1v) is 11.3. The van der Waals surface area contributed by atoms with E-state index >= 15 is 0 Å². The molecule has 0 fully saturated rings. The Morgan fingerprint density at radius 1 is 1.00 bits per heavy atom. The molecule has 0 radical (unpaired) electrons. The predicted molar refractivity (Wildman–Crippen MR) is 134 cm³/mol. The third-order valence-corrected chi connectivity index (χ3v) is 5.99. The number of anilines is 2. The molecule has 1 amide bonds. The lowest BCUT2D eigenvalue weighted by atomic mass is 9.95. The van der Waals surface area contributed by atoms with Gasteiger partial charge in [-0.3, -0.25) is 4.79 Å². The second kappa shape index (κ2) is 9.53. The first-order valence-electron chi connectivity index (χ1n) is 11.3. The topological polar surface area (TPSA) is 90.3 Å². The molecule has 8 nitrogen and oxygen atoms in total. The largest absolute Gasteiger partial charge is 0.497 e. The molecule has 1 atom stereocenters. The second-order valence-electron chi connectivity index (χ2n) is 8.20. The van der Waals surface area contributed by atoms with Crippen molar-refractivity contribution in [1.29, 1.82) is 0 Å². The van der Waals surface area contributed by atoms with Gasteiger partial charge >= 0.3 is 0 Å². The van der Waals surface area contributed by atoms with E-state index in [1.807, 2.05) is 43.3 Å². The normalized spacial score (nSPS) is 14.6. The molecule has 0 saturated heterocycles. The van der Waals surface area contributed by atoms with Crippen molar-refractivity contribution in [3.63, 3.8) is 0 Å². The molecule has 9 heteroatoms. The van der Waals surface area contributed by atoms with Crippen molar-refractivity contribution in [1.82, 2.24) is 14.8 Å². The summed E-state index contributed by atoms with van der Waals surface area (Å²) in [6.45, 7) is 1.82. The summed E-state index contributed by atoms with van der Waals surface area (Å²) < 4.78 is 25.9. The minimum atomic E-state index is -0.580. The third kappa shape index (κ3) is 4.26. The Morgan fingerprint density at radius 3 is 2.42 bits per heavy atom. The van der Waals surface area contributed by atoms with Crippen LogP contribution in [0.2, 0.25) is 0 Å². The van der Waals surface area contributed by atoms with Crippen LogP contribution in [0.15, 0.2) is 84.1 Å². The van der Waals surface area contributed by atoms with Crippen LogP contribution in [0.3, 0.4) is 0 Å². The van der Waals surface area contributed by atoms with Crippen LogP contribution in [-0.4, -0.2) is 34.9 Å². The lowest BCUT2D eigenvalue weighted by Gasteiger charge is -2.29. The molecule has 36 heavy (non-hydrogen) atoms. The second-order valence-corrected chi connectivity index (χ2v) is 8.20. The molecule has 1 aromatic heterocycles. The number of nitrogens with zero attached hydrogens (tertiary/aromatic N) is 3. The zero-order valence-corrected chi connectivity index (χ0v) is 19.9. The van der Waals surface area contributed by atoms with Crippen LogP contribution in [0.25, 0.3) is 11.4 Å². The van der Waals surface area contributed by atoms with Crippen molar-refractivity contribution >= 4 is 17.5 Å². The number of benzene rings is 3. The van der Waals surface area contributed by atoms with Crippen molar-refractivity contribution in [2.45, 2.75) is 13.0 Å². The number of amides is 1. The fraction of sp³-hybridized carbons (Fsp3) is 0.148. The third-order valence-electron chi connectivity index (χ3n) is 5.99.